The molecule has 0 saturated carbocycles. The van der Waals surface area contributed by atoms with E-state index in [0.717, 1.165) is 7.11 Å². The molecule has 0 radical (unpaired) electrons. The van der Waals surface area contributed by atoms with Gasteiger partial charge in [0.1, 0.15) is 11.2 Å². The third kappa shape index (κ3) is 4.12. The highest BCUT2D eigenvalue weighted by Gasteiger charge is 2.27. The number of aryl methyl sites for hydroxylation is 1. The van der Waals surface area contributed by atoms with E-state index in [1.54, 1.807) is 31.2 Å². The van der Waals surface area contributed by atoms with Gasteiger partial charge in [0.2, 0.25) is 0 Å². The Labute approximate surface area is 155 Å². The lowest BCUT2D eigenvalue weighted by molar-refractivity contribution is -0.385. The van der Waals surface area contributed by atoms with Crippen molar-refractivity contribution in [1.82, 2.24) is 0 Å². The van der Waals surface area contributed by atoms with Crippen molar-refractivity contribution in [3.8, 4) is 0 Å². The number of nitro benzene ring substituents is 1. The number of carbonyl (C=O) groups is 1. The van der Waals surface area contributed by atoms with E-state index in [9.17, 15) is 20.0 Å². The number of nitrogens with one attached hydrogen (secondary N) is 1. The van der Waals surface area contributed by atoms with E-state index in [0.29, 0.717) is 21.8 Å². The summed E-state index contributed by atoms with van der Waals surface area (Å²) in [5.74, 6) is -0.804. The maximum Gasteiger partial charge on any atom is 0.344 e. The summed E-state index contributed by atoms with van der Waals surface area (Å²) in [5, 5.41) is 25.4. The van der Waals surface area contributed by atoms with Crippen LogP contribution in [0, 0.1) is 17.0 Å². The molecule has 2 N–H and O–H groups in total. The van der Waals surface area contributed by atoms with Crippen LogP contribution in [0.1, 0.15) is 28.4 Å². The Bertz CT molecular complexity index is 851. The molecule has 1 unspecified atom stereocenters. The molecular formula is C18H19ClN2O5. The zero-order chi connectivity index (χ0) is 19.5. The lowest BCUT2D eigenvalue weighted by Gasteiger charge is -2.26. The number of benzene rings is 2. The lowest BCUT2D eigenvalue weighted by atomic mass is 9.95. The maximum absolute atomic E-state index is 11.9. The van der Waals surface area contributed by atoms with Crippen LogP contribution < -0.4 is 5.32 Å². The van der Waals surface area contributed by atoms with Crippen molar-refractivity contribution in [3.05, 3.63) is 68.2 Å². The van der Waals surface area contributed by atoms with E-state index in [2.05, 4.69) is 10.1 Å². The molecular weight excluding hydrogens is 360 g/mol. The first-order valence-corrected chi connectivity index (χ1v) is 8.13. The Morgan fingerprint density at radius 1 is 1.38 bits per heavy atom. The van der Waals surface area contributed by atoms with Gasteiger partial charge in [0.25, 0.3) is 5.69 Å². The van der Waals surface area contributed by atoms with Crippen LogP contribution in [0.25, 0.3) is 0 Å². The molecule has 2 rings (SSSR count). The second kappa shape index (κ2) is 7.72. The molecule has 0 aliphatic heterocycles. The van der Waals surface area contributed by atoms with E-state index in [1.165, 1.54) is 19.1 Å². The van der Waals surface area contributed by atoms with Crippen LogP contribution in [0.2, 0.25) is 5.02 Å². The minimum Gasteiger partial charge on any atom is -0.465 e. The minimum atomic E-state index is -1.29. The topological polar surface area (TPSA) is 102 Å². The standard InChI is InChI=1S/C18H19ClN2O5/c1-11-8-12(9-13(17(22)26-3)16(11)21(24)25)20-10-18(2,23)14-6-4-5-7-15(14)19/h4-9,20,23H,10H2,1-3H3. The molecule has 0 fully saturated rings. The van der Waals surface area contributed by atoms with Crippen molar-refractivity contribution < 1.29 is 19.6 Å². The van der Waals surface area contributed by atoms with Crippen LogP contribution >= 0.6 is 11.6 Å². The maximum atomic E-state index is 11.9. The first-order valence-electron chi connectivity index (χ1n) is 7.76. The molecule has 0 aliphatic rings. The fraction of sp³-hybridized carbons (Fsp3) is 0.278. The smallest absolute Gasteiger partial charge is 0.344 e. The van der Waals surface area contributed by atoms with Crippen molar-refractivity contribution in [2.75, 3.05) is 19.0 Å². The Hall–Kier alpha value is -2.64. The quantitative estimate of drug-likeness (QED) is 0.452. The summed E-state index contributed by atoms with van der Waals surface area (Å²) in [4.78, 5) is 22.5. The van der Waals surface area contributed by atoms with Crippen LogP contribution in [0.3, 0.4) is 0 Å². The summed E-state index contributed by atoms with van der Waals surface area (Å²) in [7, 11) is 1.16. The summed E-state index contributed by atoms with van der Waals surface area (Å²) >= 11 is 6.13. The molecule has 0 heterocycles. The highest BCUT2D eigenvalue weighted by molar-refractivity contribution is 6.31. The van der Waals surface area contributed by atoms with Crippen LogP contribution in [0.15, 0.2) is 36.4 Å². The summed E-state index contributed by atoms with van der Waals surface area (Å²) in [6.07, 6.45) is 0. The zero-order valence-corrected chi connectivity index (χ0v) is 15.3. The summed E-state index contributed by atoms with van der Waals surface area (Å²) < 4.78 is 4.63. The summed E-state index contributed by atoms with van der Waals surface area (Å²) in [6.45, 7) is 3.21. The van der Waals surface area contributed by atoms with Gasteiger partial charge in [-0.2, -0.15) is 0 Å². The van der Waals surface area contributed by atoms with Gasteiger partial charge in [-0.05, 0) is 32.0 Å². The molecule has 0 aliphatic carbocycles. The number of halogens is 1. The second-order valence-corrected chi connectivity index (χ2v) is 6.45. The first-order chi connectivity index (χ1) is 12.2. The number of anilines is 1. The third-order valence-corrected chi connectivity index (χ3v) is 4.31. The van der Waals surface area contributed by atoms with Crippen LogP contribution in [0.5, 0.6) is 0 Å². The van der Waals surface area contributed by atoms with Crippen molar-refractivity contribution in [1.29, 1.82) is 0 Å². The second-order valence-electron chi connectivity index (χ2n) is 6.05. The molecule has 138 valence electrons. The van der Waals surface area contributed by atoms with E-state index < -0.39 is 16.5 Å². The Balaban J connectivity index is 2.33. The number of nitrogens with zero attached hydrogens (tertiary/aromatic N) is 1. The first kappa shape index (κ1) is 19.7. The predicted molar refractivity (Wildman–Crippen MR) is 98.7 cm³/mol. The van der Waals surface area contributed by atoms with Crippen LogP contribution in [-0.2, 0) is 10.3 Å². The fourth-order valence-electron chi connectivity index (χ4n) is 2.66. The molecule has 2 aromatic carbocycles. The normalized spacial score (nSPS) is 13.0. The van der Waals surface area contributed by atoms with Gasteiger partial charge in [-0.1, -0.05) is 29.8 Å². The Morgan fingerprint density at radius 2 is 2.04 bits per heavy atom. The van der Waals surface area contributed by atoms with Gasteiger partial charge in [0, 0.05) is 28.4 Å². The fourth-order valence-corrected chi connectivity index (χ4v) is 3.00. The lowest BCUT2D eigenvalue weighted by Crippen LogP contribution is -2.31. The number of ether oxygens (including phenoxy) is 1. The van der Waals surface area contributed by atoms with Crippen molar-refractivity contribution in [2.45, 2.75) is 19.4 Å². The number of methoxy groups -OCH3 is 1. The van der Waals surface area contributed by atoms with Gasteiger partial charge in [-0.3, -0.25) is 10.1 Å². The minimum absolute atomic E-state index is 0.0780. The van der Waals surface area contributed by atoms with E-state index >= 15 is 0 Å². The van der Waals surface area contributed by atoms with E-state index in [-0.39, 0.29) is 17.8 Å². The van der Waals surface area contributed by atoms with Gasteiger partial charge in [0.05, 0.1) is 12.0 Å². The average molecular weight is 379 g/mol. The highest BCUT2D eigenvalue weighted by Crippen LogP contribution is 2.31. The summed E-state index contributed by atoms with van der Waals surface area (Å²) in [5.41, 5.74) is -0.461. The highest BCUT2D eigenvalue weighted by atomic mass is 35.5. The molecule has 2 aromatic rings. The van der Waals surface area contributed by atoms with Crippen molar-refractivity contribution in [3.63, 3.8) is 0 Å². The molecule has 0 spiro atoms. The number of aliphatic hydroxyl groups is 1. The number of rotatable bonds is 6. The number of nitro groups is 1. The molecule has 1 atom stereocenters. The van der Waals surface area contributed by atoms with Gasteiger partial charge < -0.3 is 15.2 Å². The van der Waals surface area contributed by atoms with E-state index in [1.807, 2.05) is 0 Å². The molecule has 8 heteroatoms. The number of hydrogen-bond donors (Lipinski definition) is 2. The molecule has 0 bridgehead atoms. The van der Waals surface area contributed by atoms with Crippen molar-refractivity contribution >= 4 is 28.9 Å². The largest absolute Gasteiger partial charge is 0.465 e. The number of esters is 1. The number of hydrogen-bond acceptors (Lipinski definition) is 6. The Kier molecular flexibility index (Phi) is 5.84. The summed E-state index contributed by atoms with van der Waals surface area (Å²) in [6, 6.07) is 9.79. The molecule has 0 amide bonds. The van der Waals surface area contributed by atoms with Gasteiger partial charge in [0.15, 0.2) is 0 Å². The third-order valence-electron chi connectivity index (χ3n) is 3.98. The zero-order valence-electron chi connectivity index (χ0n) is 14.6. The molecule has 7 nitrogen and oxygen atoms in total. The Morgan fingerprint density at radius 3 is 2.62 bits per heavy atom. The van der Waals surface area contributed by atoms with Gasteiger partial charge >= 0.3 is 5.97 Å². The predicted octanol–water partition coefficient (Wildman–Crippen LogP) is 3.66. The molecule has 26 heavy (non-hydrogen) atoms. The van der Waals surface area contributed by atoms with Crippen LogP contribution in [0.4, 0.5) is 11.4 Å². The van der Waals surface area contributed by atoms with E-state index in [4.69, 9.17) is 11.6 Å². The molecule has 0 aromatic heterocycles. The average Bonchev–Trinajstić information content (AvgIpc) is 2.58. The van der Waals surface area contributed by atoms with Crippen molar-refractivity contribution in [2.24, 2.45) is 0 Å². The molecule has 0 saturated heterocycles. The van der Waals surface area contributed by atoms with Gasteiger partial charge in [-0.25, -0.2) is 4.79 Å². The monoisotopic (exact) mass is 378 g/mol. The number of carbonyl (C=O) groups excluding carboxylic acids is 1. The SMILES string of the molecule is COC(=O)c1cc(NCC(C)(O)c2ccccc2Cl)cc(C)c1[N+](=O)[O-]. The van der Waals surface area contributed by atoms with Crippen LogP contribution in [-0.4, -0.2) is 29.7 Å². The van der Waals surface area contributed by atoms with Gasteiger partial charge in [-0.15, -0.1) is 0 Å².